The molecule has 2 heteroatoms. The molecule has 0 aliphatic rings. The Morgan fingerprint density at radius 1 is 1.00 bits per heavy atom. The summed E-state index contributed by atoms with van der Waals surface area (Å²) in [4.78, 5) is 2.11. The van der Waals surface area contributed by atoms with Gasteiger partial charge in [-0.1, -0.05) is 39.8 Å². The zero-order valence-electron chi connectivity index (χ0n) is 11.0. The molecule has 92 valence electrons. The summed E-state index contributed by atoms with van der Waals surface area (Å²) in [5.74, 6) is -0.116. The highest BCUT2D eigenvalue weighted by Crippen LogP contribution is 2.18. The lowest BCUT2D eigenvalue weighted by Gasteiger charge is -2.23. The SMILES string of the molecule is CC.CCCN(CCC)c1ccccc1F. The summed E-state index contributed by atoms with van der Waals surface area (Å²) in [5, 5.41) is 0. The first-order chi connectivity index (χ1) is 7.79. The zero-order chi connectivity index (χ0) is 12.4. The number of halogens is 1. The van der Waals surface area contributed by atoms with Crippen LogP contribution in [0.5, 0.6) is 0 Å². The van der Waals surface area contributed by atoms with Gasteiger partial charge in [0.2, 0.25) is 0 Å². The van der Waals surface area contributed by atoms with Gasteiger partial charge in [0, 0.05) is 13.1 Å². The highest BCUT2D eigenvalue weighted by molar-refractivity contribution is 5.47. The van der Waals surface area contributed by atoms with Crippen molar-refractivity contribution in [3.8, 4) is 0 Å². The Hall–Kier alpha value is -1.05. The molecular weight excluding hydrogens is 201 g/mol. The third-order valence-electron chi connectivity index (χ3n) is 2.18. The number of anilines is 1. The van der Waals surface area contributed by atoms with Crippen LogP contribution in [0, 0.1) is 5.82 Å². The summed E-state index contributed by atoms with van der Waals surface area (Å²) in [5.41, 5.74) is 0.733. The van der Waals surface area contributed by atoms with Crippen molar-refractivity contribution in [3.05, 3.63) is 30.1 Å². The summed E-state index contributed by atoms with van der Waals surface area (Å²) >= 11 is 0. The lowest BCUT2D eigenvalue weighted by atomic mass is 10.2. The molecule has 0 fully saturated rings. The van der Waals surface area contributed by atoms with Gasteiger partial charge in [-0.3, -0.25) is 0 Å². The molecule has 0 radical (unpaired) electrons. The van der Waals surface area contributed by atoms with Crippen molar-refractivity contribution in [1.82, 2.24) is 0 Å². The molecule has 1 aromatic rings. The molecule has 0 aliphatic carbocycles. The molecule has 1 nitrogen and oxygen atoms in total. The fourth-order valence-electron chi connectivity index (χ4n) is 1.60. The zero-order valence-corrected chi connectivity index (χ0v) is 11.0. The largest absolute Gasteiger partial charge is 0.369 e. The van der Waals surface area contributed by atoms with Crippen molar-refractivity contribution in [2.24, 2.45) is 0 Å². The van der Waals surface area contributed by atoms with E-state index in [-0.39, 0.29) is 5.82 Å². The van der Waals surface area contributed by atoms with E-state index in [4.69, 9.17) is 0 Å². The van der Waals surface area contributed by atoms with Crippen molar-refractivity contribution in [1.29, 1.82) is 0 Å². The number of para-hydroxylation sites is 1. The highest BCUT2D eigenvalue weighted by Gasteiger charge is 2.08. The number of hydrogen-bond acceptors (Lipinski definition) is 1. The van der Waals surface area contributed by atoms with Crippen LogP contribution < -0.4 is 4.90 Å². The first-order valence-electron chi connectivity index (χ1n) is 6.29. The standard InChI is InChI=1S/C12H18FN.C2H6/c1-3-9-14(10-4-2)12-8-6-5-7-11(12)13;1-2/h5-8H,3-4,9-10H2,1-2H3;1-2H3. The summed E-state index contributed by atoms with van der Waals surface area (Å²) in [7, 11) is 0. The first-order valence-corrected chi connectivity index (χ1v) is 6.29. The molecule has 0 amide bonds. The second kappa shape index (κ2) is 9.20. The Kier molecular flexibility index (Phi) is 8.59. The fourth-order valence-corrected chi connectivity index (χ4v) is 1.60. The van der Waals surface area contributed by atoms with Gasteiger partial charge in [-0.2, -0.15) is 0 Å². The van der Waals surface area contributed by atoms with Crippen LogP contribution in [0.25, 0.3) is 0 Å². The minimum atomic E-state index is -0.116. The number of nitrogens with zero attached hydrogens (tertiary/aromatic N) is 1. The van der Waals surface area contributed by atoms with Gasteiger partial charge in [0.1, 0.15) is 5.82 Å². The van der Waals surface area contributed by atoms with Crippen LogP contribution in [-0.4, -0.2) is 13.1 Å². The van der Waals surface area contributed by atoms with Crippen LogP contribution in [0.2, 0.25) is 0 Å². The van der Waals surface area contributed by atoms with Gasteiger partial charge in [0.25, 0.3) is 0 Å². The van der Waals surface area contributed by atoms with Crippen molar-refractivity contribution < 1.29 is 4.39 Å². The van der Waals surface area contributed by atoms with E-state index >= 15 is 0 Å². The maximum Gasteiger partial charge on any atom is 0.146 e. The normalized spacial score (nSPS) is 9.31. The molecule has 0 saturated heterocycles. The van der Waals surface area contributed by atoms with Gasteiger partial charge in [-0.15, -0.1) is 0 Å². The smallest absolute Gasteiger partial charge is 0.146 e. The average molecular weight is 225 g/mol. The van der Waals surface area contributed by atoms with E-state index in [1.54, 1.807) is 6.07 Å². The molecular formula is C14H24FN. The predicted octanol–water partition coefficient (Wildman–Crippen LogP) is 4.48. The van der Waals surface area contributed by atoms with Gasteiger partial charge >= 0.3 is 0 Å². The Morgan fingerprint density at radius 2 is 1.50 bits per heavy atom. The molecule has 0 spiro atoms. The summed E-state index contributed by atoms with van der Waals surface area (Å²) in [6, 6.07) is 6.99. The Balaban J connectivity index is 0.00000106. The molecule has 0 aromatic heterocycles. The van der Waals surface area contributed by atoms with Crippen LogP contribution in [0.15, 0.2) is 24.3 Å². The van der Waals surface area contributed by atoms with E-state index in [0.717, 1.165) is 31.6 Å². The topological polar surface area (TPSA) is 3.24 Å². The van der Waals surface area contributed by atoms with Gasteiger partial charge in [-0.25, -0.2) is 4.39 Å². The van der Waals surface area contributed by atoms with Crippen molar-refractivity contribution in [3.63, 3.8) is 0 Å². The highest BCUT2D eigenvalue weighted by atomic mass is 19.1. The first kappa shape index (κ1) is 14.9. The molecule has 0 saturated carbocycles. The Bertz CT molecular complexity index is 267. The summed E-state index contributed by atoms with van der Waals surface area (Å²) in [6.45, 7) is 10.1. The van der Waals surface area contributed by atoms with Crippen LogP contribution >= 0.6 is 0 Å². The van der Waals surface area contributed by atoms with Gasteiger partial charge in [-0.05, 0) is 25.0 Å². The second-order valence-corrected chi connectivity index (χ2v) is 3.44. The molecule has 0 bridgehead atoms. The van der Waals surface area contributed by atoms with E-state index in [2.05, 4.69) is 18.7 Å². The Labute approximate surface area is 99.3 Å². The van der Waals surface area contributed by atoms with Gasteiger partial charge in [0.05, 0.1) is 5.69 Å². The quantitative estimate of drug-likeness (QED) is 0.714. The van der Waals surface area contributed by atoms with Crippen molar-refractivity contribution in [2.75, 3.05) is 18.0 Å². The molecule has 1 rings (SSSR count). The van der Waals surface area contributed by atoms with E-state index in [0.29, 0.717) is 0 Å². The molecule has 1 aromatic carbocycles. The van der Waals surface area contributed by atoms with E-state index in [9.17, 15) is 4.39 Å². The monoisotopic (exact) mass is 225 g/mol. The number of hydrogen-bond donors (Lipinski definition) is 0. The van der Waals surface area contributed by atoms with Gasteiger partial charge < -0.3 is 4.90 Å². The third kappa shape index (κ3) is 4.65. The lowest BCUT2D eigenvalue weighted by molar-refractivity contribution is 0.613. The Morgan fingerprint density at radius 3 is 1.94 bits per heavy atom. The molecule has 0 N–H and O–H groups in total. The number of rotatable bonds is 5. The maximum atomic E-state index is 13.4. The molecule has 0 heterocycles. The van der Waals surface area contributed by atoms with Crippen molar-refractivity contribution >= 4 is 5.69 Å². The number of benzene rings is 1. The summed E-state index contributed by atoms with van der Waals surface area (Å²) in [6.07, 6.45) is 2.10. The van der Waals surface area contributed by atoms with Gasteiger partial charge in [0.15, 0.2) is 0 Å². The third-order valence-corrected chi connectivity index (χ3v) is 2.18. The van der Waals surface area contributed by atoms with E-state index in [1.807, 2.05) is 26.0 Å². The second-order valence-electron chi connectivity index (χ2n) is 3.44. The van der Waals surface area contributed by atoms with E-state index < -0.39 is 0 Å². The van der Waals surface area contributed by atoms with E-state index in [1.165, 1.54) is 6.07 Å². The summed E-state index contributed by atoms with van der Waals surface area (Å²) < 4.78 is 13.4. The van der Waals surface area contributed by atoms with Crippen LogP contribution in [0.4, 0.5) is 10.1 Å². The molecule has 16 heavy (non-hydrogen) atoms. The minimum absolute atomic E-state index is 0.116. The maximum absolute atomic E-state index is 13.4. The minimum Gasteiger partial charge on any atom is -0.369 e. The molecule has 0 aliphatic heterocycles. The molecule has 0 unspecified atom stereocenters. The predicted molar refractivity (Wildman–Crippen MR) is 70.5 cm³/mol. The van der Waals surface area contributed by atoms with Crippen LogP contribution in [0.1, 0.15) is 40.5 Å². The molecule has 0 atom stereocenters. The lowest BCUT2D eigenvalue weighted by Crippen LogP contribution is -2.25. The van der Waals surface area contributed by atoms with Crippen molar-refractivity contribution in [2.45, 2.75) is 40.5 Å². The average Bonchev–Trinajstić information content (AvgIpc) is 2.32. The van der Waals surface area contributed by atoms with Crippen LogP contribution in [0.3, 0.4) is 0 Å². The fraction of sp³-hybridized carbons (Fsp3) is 0.571. The van der Waals surface area contributed by atoms with Crippen LogP contribution in [-0.2, 0) is 0 Å².